The van der Waals surface area contributed by atoms with Crippen molar-refractivity contribution in [1.29, 1.82) is 0 Å². The number of ether oxygens (including phenoxy) is 1. The van der Waals surface area contributed by atoms with Crippen LogP contribution in [0.5, 0.6) is 5.75 Å². The van der Waals surface area contributed by atoms with Gasteiger partial charge in [-0.15, -0.1) is 0 Å². The Labute approximate surface area is 116 Å². The molecule has 2 N–H and O–H groups in total. The van der Waals surface area contributed by atoms with E-state index in [4.69, 9.17) is 10.5 Å². The molecule has 0 radical (unpaired) electrons. The van der Waals surface area contributed by atoms with E-state index in [0.717, 1.165) is 24.3 Å². The molecule has 0 aliphatic heterocycles. The zero-order chi connectivity index (χ0) is 14.1. The van der Waals surface area contributed by atoms with E-state index < -0.39 is 0 Å². The highest BCUT2D eigenvalue weighted by Crippen LogP contribution is 2.48. The molecule has 3 heteroatoms. The summed E-state index contributed by atoms with van der Waals surface area (Å²) < 4.78 is 5.49. The van der Waals surface area contributed by atoms with Crippen molar-refractivity contribution < 1.29 is 4.74 Å². The minimum absolute atomic E-state index is 0.0537. The van der Waals surface area contributed by atoms with E-state index in [0.29, 0.717) is 12.0 Å². The van der Waals surface area contributed by atoms with Gasteiger partial charge in [0.2, 0.25) is 0 Å². The minimum Gasteiger partial charge on any atom is -0.495 e. The molecule has 1 saturated carbocycles. The summed E-state index contributed by atoms with van der Waals surface area (Å²) in [5.74, 6) is 0.919. The van der Waals surface area contributed by atoms with Gasteiger partial charge in [0.05, 0.1) is 18.3 Å². The molecular weight excluding hydrogens is 236 g/mol. The lowest BCUT2D eigenvalue weighted by Gasteiger charge is -2.41. The lowest BCUT2D eigenvalue weighted by Crippen LogP contribution is -2.51. The highest BCUT2D eigenvalue weighted by Gasteiger charge is 2.45. The maximum Gasteiger partial charge on any atom is 0.142 e. The number of para-hydroxylation sites is 2. The van der Waals surface area contributed by atoms with Gasteiger partial charge in [-0.1, -0.05) is 26.0 Å². The second-order valence-electron chi connectivity index (χ2n) is 6.50. The Balaban J connectivity index is 2.34. The highest BCUT2D eigenvalue weighted by atomic mass is 16.5. The summed E-state index contributed by atoms with van der Waals surface area (Å²) >= 11 is 0. The molecule has 0 amide bonds. The zero-order valence-corrected chi connectivity index (χ0v) is 12.6. The van der Waals surface area contributed by atoms with E-state index in [2.05, 4.69) is 37.9 Å². The first kappa shape index (κ1) is 14.2. The van der Waals surface area contributed by atoms with Gasteiger partial charge < -0.3 is 15.4 Å². The Morgan fingerprint density at radius 2 is 1.95 bits per heavy atom. The van der Waals surface area contributed by atoms with Gasteiger partial charge in [-0.05, 0) is 36.8 Å². The van der Waals surface area contributed by atoms with Gasteiger partial charge in [0.25, 0.3) is 0 Å². The quantitative estimate of drug-likeness (QED) is 0.906. The molecule has 1 aromatic carbocycles. The van der Waals surface area contributed by atoms with Crippen LogP contribution < -0.4 is 15.4 Å². The van der Waals surface area contributed by atoms with Crippen LogP contribution in [-0.4, -0.2) is 26.2 Å². The van der Waals surface area contributed by atoms with Crippen molar-refractivity contribution in [2.45, 2.75) is 38.6 Å². The number of anilines is 1. The summed E-state index contributed by atoms with van der Waals surface area (Å²) in [7, 11) is 3.87. The van der Waals surface area contributed by atoms with Crippen molar-refractivity contribution in [2.75, 3.05) is 25.6 Å². The average Bonchev–Trinajstić information content (AvgIpc) is 2.74. The molecule has 0 heterocycles. The molecule has 3 nitrogen and oxygen atoms in total. The molecule has 19 heavy (non-hydrogen) atoms. The number of nitrogens with zero attached hydrogens (tertiary/aromatic N) is 1. The molecule has 1 aromatic rings. The number of benzene rings is 1. The van der Waals surface area contributed by atoms with Crippen LogP contribution in [0.15, 0.2) is 24.3 Å². The molecular formula is C16H26N2O. The lowest BCUT2D eigenvalue weighted by molar-refractivity contribution is 0.329. The van der Waals surface area contributed by atoms with Crippen LogP contribution in [-0.2, 0) is 0 Å². The number of nitrogens with two attached hydrogens (primary N) is 1. The molecule has 106 valence electrons. The predicted octanol–water partition coefficient (Wildman–Crippen LogP) is 3.04. The fourth-order valence-electron chi connectivity index (χ4n) is 3.40. The molecule has 0 saturated heterocycles. The van der Waals surface area contributed by atoms with Gasteiger partial charge in [0.1, 0.15) is 5.75 Å². The zero-order valence-electron chi connectivity index (χ0n) is 12.6. The molecule has 1 atom stereocenters. The van der Waals surface area contributed by atoms with Crippen molar-refractivity contribution in [2.24, 2.45) is 11.1 Å². The fraction of sp³-hybridized carbons (Fsp3) is 0.625. The van der Waals surface area contributed by atoms with Gasteiger partial charge >= 0.3 is 0 Å². The number of likely N-dealkylation sites (N-methyl/N-ethyl adjacent to an activating group) is 1. The van der Waals surface area contributed by atoms with Crippen LogP contribution in [0.4, 0.5) is 5.69 Å². The van der Waals surface area contributed by atoms with Gasteiger partial charge in [0.15, 0.2) is 0 Å². The lowest BCUT2D eigenvalue weighted by atomic mass is 9.86. The van der Waals surface area contributed by atoms with Gasteiger partial charge in [-0.2, -0.15) is 0 Å². The smallest absolute Gasteiger partial charge is 0.142 e. The number of methoxy groups -OCH3 is 1. The topological polar surface area (TPSA) is 38.5 Å². The Kier molecular flexibility index (Phi) is 3.77. The molecule has 2 rings (SSSR count). The minimum atomic E-state index is 0.0537. The van der Waals surface area contributed by atoms with E-state index in [9.17, 15) is 0 Å². The van der Waals surface area contributed by atoms with E-state index in [1.165, 1.54) is 6.42 Å². The average molecular weight is 262 g/mol. The van der Waals surface area contributed by atoms with Crippen LogP contribution in [0, 0.1) is 5.41 Å². The fourth-order valence-corrected chi connectivity index (χ4v) is 3.40. The first-order chi connectivity index (χ1) is 8.94. The summed E-state index contributed by atoms with van der Waals surface area (Å²) in [5.41, 5.74) is 7.69. The summed E-state index contributed by atoms with van der Waals surface area (Å²) in [6.45, 7) is 5.35. The molecule has 0 aromatic heterocycles. The summed E-state index contributed by atoms with van der Waals surface area (Å²) in [4.78, 5) is 2.33. The number of hydrogen-bond donors (Lipinski definition) is 1. The SMILES string of the molecule is COc1ccccc1N(C)C1(CN)CCC(C)(C)C1. The molecule has 1 fully saturated rings. The van der Waals surface area contributed by atoms with Crippen LogP contribution in [0.25, 0.3) is 0 Å². The largest absolute Gasteiger partial charge is 0.495 e. The predicted molar refractivity (Wildman–Crippen MR) is 80.8 cm³/mol. The summed E-state index contributed by atoms with van der Waals surface area (Å²) in [6, 6.07) is 8.18. The third kappa shape index (κ3) is 2.57. The number of hydrogen-bond acceptors (Lipinski definition) is 3. The van der Waals surface area contributed by atoms with Crippen LogP contribution in [0.1, 0.15) is 33.1 Å². The van der Waals surface area contributed by atoms with Crippen molar-refractivity contribution in [3.63, 3.8) is 0 Å². The monoisotopic (exact) mass is 262 g/mol. The van der Waals surface area contributed by atoms with Crippen molar-refractivity contribution in [3.05, 3.63) is 24.3 Å². The van der Waals surface area contributed by atoms with Gasteiger partial charge in [-0.3, -0.25) is 0 Å². The Morgan fingerprint density at radius 3 is 2.47 bits per heavy atom. The maximum absolute atomic E-state index is 6.14. The summed E-state index contributed by atoms with van der Waals surface area (Å²) in [6.07, 6.45) is 3.50. The molecule has 1 aliphatic rings. The van der Waals surface area contributed by atoms with Gasteiger partial charge in [-0.25, -0.2) is 0 Å². The van der Waals surface area contributed by atoms with Crippen LogP contribution in [0.2, 0.25) is 0 Å². The van der Waals surface area contributed by atoms with E-state index >= 15 is 0 Å². The highest BCUT2D eigenvalue weighted by molar-refractivity contribution is 5.60. The van der Waals surface area contributed by atoms with Crippen molar-refractivity contribution in [3.8, 4) is 5.75 Å². The standard InChI is InChI=1S/C16H26N2O/c1-15(2)9-10-16(11-15,12-17)18(3)13-7-5-6-8-14(13)19-4/h5-8H,9-12,17H2,1-4H3. The third-order valence-corrected chi connectivity index (χ3v) is 4.61. The van der Waals surface area contributed by atoms with Crippen molar-refractivity contribution in [1.82, 2.24) is 0 Å². The normalized spacial score (nSPS) is 25.3. The van der Waals surface area contributed by atoms with Crippen LogP contribution in [0.3, 0.4) is 0 Å². The third-order valence-electron chi connectivity index (χ3n) is 4.61. The Bertz CT molecular complexity index is 444. The van der Waals surface area contributed by atoms with E-state index in [1.807, 2.05) is 12.1 Å². The molecule has 0 spiro atoms. The Hall–Kier alpha value is -1.22. The van der Waals surface area contributed by atoms with E-state index in [1.54, 1.807) is 7.11 Å². The van der Waals surface area contributed by atoms with Crippen molar-refractivity contribution >= 4 is 5.69 Å². The summed E-state index contributed by atoms with van der Waals surface area (Å²) in [5, 5.41) is 0. The van der Waals surface area contributed by atoms with E-state index in [-0.39, 0.29) is 5.54 Å². The van der Waals surface area contributed by atoms with Gasteiger partial charge in [0, 0.05) is 13.6 Å². The molecule has 1 unspecified atom stereocenters. The maximum atomic E-state index is 6.14. The molecule has 0 bridgehead atoms. The number of rotatable bonds is 4. The molecule has 1 aliphatic carbocycles. The Morgan fingerprint density at radius 1 is 1.26 bits per heavy atom. The second kappa shape index (κ2) is 5.04. The van der Waals surface area contributed by atoms with Crippen LogP contribution >= 0.6 is 0 Å². The second-order valence-corrected chi connectivity index (χ2v) is 6.50. The first-order valence-corrected chi connectivity index (χ1v) is 7.01. The first-order valence-electron chi connectivity index (χ1n) is 7.01.